The second-order valence-electron chi connectivity index (χ2n) is 6.60. The third-order valence-electron chi connectivity index (χ3n) is 4.23. The van der Waals surface area contributed by atoms with Gasteiger partial charge in [0.2, 0.25) is 0 Å². The number of fused-ring (bicyclic) bond motifs is 1. The van der Waals surface area contributed by atoms with Crippen LogP contribution in [0.25, 0.3) is 10.2 Å². The monoisotopic (exact) mass is 515 g/mol. The summed E-state index contributed by atoms with van der Waals surface area (Å²) in [5.41, 5.74) is 4.28. The first-order chi connectivity index (χ1) is 16.0. The minimum Gasteiger partial charge on any atom is -0.420 e. The lowest BCUT2D eigenvalue weighted by atomic mass is 10.2. The Bertz CT molecular complexity index is 1290. The number of hydrogen-bond acceptors (Lipinski definition) is 7. The zero-order chi connectivity index (χ0) is 23.2. The number of nitrogens with zero attached hydrogens (tertiary/aromatic N) is 2. The topological polar surface area (TPSA) is 80.7 Å². The average Bonchev–Trinajstić information content (AvgIpc) is 3.24. The highest BCUT2D eigenvalue weighted by Crippen LogP contribution is 2.34. The lowest BCUT2D eigenvalue weighted by molar-refractivity contribution is -0.118. The fraction of sp³-hybridized carbons (Fsp3) is 0.0435. The highest BCUT2D eigenvalue weighted by atomic mass is 35.5. The molecule has 0 saturated carbocycles. The van der Waals surface area contributed by atoms with Gasteiger partial charge in [0.15, 0.2) is 10.1 Å². The molecule has 1 amide bonds. The van der Waals surface area contributed by atoms with Crippen LogP contribution in [0.2, 0.25) is 10.0 Å². The molecular weight excluding hydrogens is 501 g/mol. The van der Waals surface area contributed by atoms with Crippen LogP contribution in [0.4, 0.5) is 0 Å². The molecular formula is C23H15Cl2N3O3S2. The Morgan fingerprint density at radius 1 is 1.06 bits per heavy atom. The highest BCUT2D eigenvalue weighted by Gasteiger charge is 2.15. The van der Waals surface area contributed by atoms with Crippen molar-refractivity contribution in [3.8, 4) is 5.75 Å². The van der Waals surface area contributed by atoms with Crippen molar-refractivity contribution < 1.29 is 14.3 Å². The molecule has 33 heavy (non-hydrogen) atoms. The van der Waals surface area contributed by atoms with E-state index in [0.717, 1.165) is 14.6 Å². The van der Waals surface area contributed by atoms with Gasteiger partial charge >= 0.3 is 5.97 Å². The molecule has 10 heteroatoms. The van der Waals surface area contributed by atoms with Crippen molar-refractivity contribution in [1.29, 1.82) is 0 Å². The number of hydrazone groups is 1. The summed E-state index contributed by atoms with van der Waals surface area (Å²) < 4.78 is 7.22. The molecule has 4 aromatic rings. The minimum atomic E-state index is -0.571. The van der Waals surface area contributed by atoms with Gasteiger partial charge in [-0.15, -0.1) is 11.3 Å². The van der Waals surface area contributed by atoms with E-state index in [1.165, 1.54) is 41.4 Å². The number of carbonyl (C=O) groups excluding carboxylic acids is 2. The van der Waals surface area contributed by atoms with Gasteiger partial charge in [0.05, 0.1) is 37.8 Å². The van der Waals surface area contributed by atoms with Crippen molar-refractivity contribution in [3.63, 3.8) is 0 Å². The number of benzene rings is 3. The van der Waals surface area contributed by atoms with Crippen LogP contribution in [-0.2, 0) is 4.79 Å². The SMILES string of the molecule is O=C(CSc1nc2ccccc2s1)N/N=C\c1cc(Cl)c(OC(=O)c2ccccc2)c(Cl)c1. The molecule has 0 spiro atoms. The number of nitrogens with one attached hydrogen (secondary N) is 1. The zero-order valence-electron chi connectivity index (χ0n) is 16.8. The van der Waals surface area contributed by atoms with Crippen molar-refractivity contribution in [2.24, 2.45) is 5.10 Å². The normalized spacial score (nSPS) is 11.1. The van der Waals surface area contributed by atoms with Crippen molar-refractivity contribution >= 4 is 74.6 Å². The second-order valence-corrected chi connectivity index (χ2v) is 9.67. The maximum absolute atomic E-state index is 12.2. The van der Waals surface area contributed by atoms with Gasteiger partial charge in [-0.3, -0.25) is 4.79 Å². The first-order valence-corrected chi connectivity index (χ1v) is 12.1. The summed E-state index contributed by atoms with van der Waals surface area (Å²) in [6, 6.07) is 19.4. The molecule has 0 fully saturated rings. The Morgan fingerprint density at radius 2 is 1.76 bits per heavy atom. The van der Waals surface area contributed by atoms with Crippen LogP contribution in [0, 0.1) is 0 Å². The predicted molar refractivity (Wildman–Crippen MR) is 134 cm³/mol. The minimum absolute atomic E-state index is 0.0561. The summed E-state index contributed by atoms with van der Waals surface area (Å²) in [6.07, 6.45) is 1.40. The molecule has 1 N–H and O–H groups in total. The summed E-state index contributed by atoms with van der Waals surface area (Å²) in [4.78, 5) is 28.8. The smallest absolute Gasteiger partial charge is 0.343 e. The molecule has 6 nitrogen and oxygen atoms in total. The van der Waals surface area contributed by atoms with Gasteiger partial charge in [0.1, 0.15) is 0 Å². The summed E-state index contributed by atoms with van der Waals surface area (Å²) >= 11 is 15.4. The van der Waals surface area contributed by atoms with Crippen molar-refractivity contribution in [2.45, 2.75) is 4.34 Å². The number of para-hydroxylation sites is 1. The predicted octanol–water partition coefficient (Wildman–Crippen LogP) is 6.06. The number of carbonyl (C=O) groups is 2. The van der Waals surface area contributed by atoms with Crippen molar-refractivity contribution in [3.05, 3.63) is 87.9 Å². The van der Waals surface area contributed by atoms with Crippen molar-refractivity contribution in [2.75, 3.05) is 5.75 Å². The van der Waals surface area contributed by atoms with Crippen LogP contribution < -0.4 is 10.2 Å². The molecule has 1 heterocycles. The molecule has 0 aliphatic rings. The summed E-state index contributed by atoms with van der Waals surface area (Å²) in [5.74, 6) is -0.618. The Hall–Kier alpha value is -2.91. The number of thiazole rings is 1. The van der Waals surface area contributed by atoms with Crippen LogP contribution in [0.3, 0.4) is 0 Å². The molecule has 0 aliphatic carbocycles. The first kappa shape index (κ1) is 23.3. The summed E-state index contributed by atoms with van der Waals surface area (Å²) in [5, 5.41) is 4.23. The third kappa shape index (κ3) is 6.11. The summed E-state index contributed by atoms with van der Waals surface area (Å²) in [6.45, 7) is 0. The number of amides is 1. The molecule has 0 radical (unpaired) electrons. The molecule has 166 valence electrons. The van der Waals surface area contributed by atoms with Gasteiger partial charge < -0.3 is 4.74 Å². The number of rotatable bonds is 7. The number of aromatic nitrogens is 1. The first-order valence-electron chi connectivity index (χ1n) is 9.56. The van der Waals surface area contributed by atoms with E-state index < -0.39 is 5.97 Å². The molecule has 0 bridgehead atoms. The third-order valence-corrected chi connectivity index (χ3v) is 6.97. The van der Waals surface area contributed by atoms with Gasteiger partial charge in [-0.2, -0.15) is 5.10 Å². The van der Waals surface area contributed by atoms with E-state index in [4.69, 9.17) is 27.9 Å². The highest BCUT2D eigenvalue weighted by molar-refractivity contribution is 8.01. The number of halogens is 2. The maximum atomic E-state index is 12.2. The van der Waals surface area contributed by atoms with E-state index in [2.05, 4.69) is 15.5 Å². The van der Waals surface area contributed by atoms with E-state index in [9.17, 15) is 9.59 Å². The number of hydrogen-bond donors (Lipinski definition) is 1. The van der Waals surface area contributed by atoms with E-state index in [0.29, 0.717) is 11.1 Å². The second kappa shape index (κ2) is 10.8. The van der Waals surface area contributed by atoms with Gasteiger partial charge in [-0.1, -0.05) is 65.3 Å². The number of ether oxygens (including phenoxy) is 1. The van der Waals surface area contributed by atoms with Crippen LogP contribution in [0.15, 0.2) is 76.2 Å². The maximum Gasteiger partial charge on any atom is 0.343 e. The Labute approximate surface area is 207 Å². The zero-order valence-corrected chi connectivity index (χ0v) is 20.0. The quantitative estimate of drug-likeness (QED) is 0.106. The summed E-state index contributed by atoms with van der Waals surface area (Å²) in [7, 11) is 0. The van der Waals surface area contributed by atoms with E-state index >= 15 is 0 Å². The molecule has 3 aromatic carbocycles. The van der Waals surface area contributed by atoms with Crippen LogP contribution in [-0.4, -0.2) is 28.8 Å². The van der Waals surface area contributed by atoms with Crippen LogP contribution in [0.1, 0.15) is 15.9 Å². The van der Waals surface area contributed by atoms with Gasteiger partial charge in [-0.05, 0) is 42.0 Å². The average molecular weight is 516 g/mol. The molecule has 4 rings (SSSR count). The lowest BCUT2D eigenvalue weighted by Gasteiger charge is -2.09. The van der Waals surface area contributed by atoms with E-state index in [-0.39, 0.29) is 27.5 Å². The standard InChI is InChI=1S/C23H15Cl2N3O3S2/c24-16-10-14(11-17(25)21(16)31-22(30)15-6-2-1-3-7-15)12-26-28-20(29)13-32-23-27-18-8-4-5-9-19(18)33-23/h1-12H,13H2,(H,28,29)/b26-12-. The number of esters is 1. The van der Waals surface area contributed by atoms with Crippen LogP contribution >= 0.6 is 46.3 Å². The molecule has 0 saturated heterocycles. The Kier molecular flexibility index (Phi) is 7.61. The van der Waals surface area contributed by atoms with Gasteiger partial charge in [-0.25, -0.2) is 15.2 Å². The number of thioether (sulfide) groups is 1. The molecule has 0 unspecified atom stereocenters. The Balaban J connectivity index is 1.33. The van der Waals surface area contributed by atoms with Gasteiger partial charge in [0, 0.05) is 0 Å². The fourth-order valence-electron chi connectivity index (χ4n) is 2.73. The fourth-order valence-corrected chi connectivity index (χ4v) is 5.17. The largest absolute Gasteiger partial charge is 0.420 e. The molecule has 0 atom stereocenters. The van der Waals surface area contributed by atoms with Gasteiger partial charge in [0.25, 0.3) is 5.91 Å². The molecule has 1 aromatic heterocycles. The Morgan fingerprint density at radius 3 is 2.48 bits per heavy atom. The molecule has 0 aliphatic heterocycles. The lowest BCUT2D eigenvalue weighted by Crippen LogP contribution is -2.19. The van der Waals surface area contributed by atoms with E-state index in [1.807, 2.05) is 24.3 Å². The van der Waals surface area contributed by atoms with E-state index in [1.54, 1.807) is 30.3 Å². The van der Waals surface area contributed by atoms with Crippen LogP contribution in [0.5, 0.6) is 5.75 Å². The van der Waals surface area contributed by atoms with Crippen molar-refractivity contribution in [1.82, 2.24) is 10.4 Å².